The molecule has 2 N–H and O–H groups in total. The molecular formula is C21H20ClN3O2. The summed E-state index contributed by atoms with van der Waals surface area (Å²) in [5.41, 5.74) is 2.84. The highest BCUT2D eigenvalue weighted by Crippen LogP contribution is 2.18. The summed E-state index contributed by atoms with van der Waals surface area (Å²) in [6, 6.07) is 18.4. The molecule has 6 heteroatoms. The van der Waals surface area contributed by atoms with Crippen molar-refractivity contribution in [3.63, 3.8) is 0 Å². The second kappa shape index (κ2) is 9.05. The molecule has 138 valence electrons. The number of carbonyl (C=O) groups is 1. The van der Waals surface area contributed by atoms with E-state index in [9.17, 15) is 4.79 Å². The van der Waals surface area contributed by atoms with Crippen LogP contribution in [0, 0.1) is 0 Å². The van der Waals surface area contributed by atoms with Gasteiger partial charge in [0.05, 0.1) is 18.5 Å². The number of anilines is 2. The molecule has 0 spiro atoms. The van der Waals surface area contributed by atoms with Crippen molar-refractivity contribution in [2.45, 2.75) is 13.5 Å². The molecule has 0 bridgehead atoms. The Bertz CT molecular complexity index is 896. The van der Waals surface area contributed by atoms with Crippen LogP contribution in [-0.4, -0.2) is 17.5 Å². The van der Waals surface area contributed by atoms with E-state index >= 15 is 0 Å². The number of pyridine rings is 1. The van der Waals surface area contributed by atoms with Crippen LogP contribution in [0.15, 0.2) is 66.9 Å². The van der Waals surface area contributed by atoms with Gasteiger partial charge in [-0.15, -0.1) is 0 Å². The third-order valence-corrected chi connectivity index (χ3v) is 4.23. The monoisotopic (exact) mass is 381 g/mol. The third kappa shape index (κ3) is 5.21. The van der Waals surface area contributed by atoms with Crippen LogP contribution in [0.1, 0.15) is 23.0 Å². The van der Waals surface area contributed by atoms with Gasteiger partial charge in [0.25, 0.3) is 5.91 Å². The number of nitrogens with one attached hydrogen (secondary N) is 2. The highest BCUT2D eigenvalue weighted by atomic mass is 35.5. The van der Waals surface area contributed by atoms with E-state index in [0.717, 1.165) is 17.0 Å². The Hall–Kier alpha value is -3.05. The first-order chi connectivity index (χ1) is 13.2. The summed E-state index contributed by atoms with van der Waals surface area (Å²) < 4.78 is 5.39. The largest absolute Gasteiger partial charge is 0.494 e. The van der Waals surface area contributed by atoms with Crippen molar-refractivity contribution in [2.24, 2.45) is 0 Å². The number of hydrogen-bond acceptors (Lipinski definition) is 4. The number of rotatable bonds is 7. The number of hydrogen-bond donors (Lipinski definition) is 2. The van der Waals surface area contributed by atoms with Crippen LogP contribution in [0.25, 0.3) is 0 Å². The van der Waals surface area contributed by atoms with Crippen LogP contribution in [-0.2, 0) is 6.54 Å². The quantitative estimate of drug-likeness (QED) is 0.604. The van der Waals surface area contributed by atoms with E-state index in [2.05, 4.69) is 15.6 Å². The minimum atomic E-state index is -0.267. The van der Waals surface area contributed by atoms with Gasteiger partial charge in [0.15, 0.2) is 0 Å². The lowest BCUT2D eigenvalue weighted by atomic mass is 10.2. The van der Waals surface area contributed by atoms with Gasteiger partial charge in [-0.3, -0.25) is 4.79 Å². The maximum absolute atomic E-state index is 12.3. The molecule has 1 aromatic heterocycles. The lowest BCUT2D eigenvalue weighted by molar-refractivity contribution is 0.102. The summed E-state index contributed by atoms with van der Waals surface area (Å²) in [4.78, 5) is 16.5. The molecule has 5 nitrogen and oxygen atoms in total. The number of carbonyl (C=O) groups excluding carboxylic acids is 1. The topological polar surface area (TPSA) is 63.2 Å². The molecule has 1 heterocycles. The first-order valence-electron chi connectivity index (χ1n) is 8.63. The van der Waals surface area contributed by atoms with E-state index in [1.165, 1.54) is 0 Å². The van der Waals surface area contributed by atoms with Gasteiger partial charge < -0.3 is 15.4 Å². The molecule has 0 unspecified atom stereocenters. The molecule has 0 aliphatic carbocycles. The van der Waals surface area contributed by atoms with Crippen molar-refractivity contribution in [1.82, 2.24) is 4.98 Å². The van der Waals surface area contributed by atoms with E-state index in [4.69, 9.17) is 16.3 Å². The third-order valence-electron chi connectivity index (χ3n) is 3.86. The predicted molar refractivity (Wildman–Crippen MR) is 109 cm³/mol. The van der Waals surface area contributed by atoms with Crippen molar-refractivity contribution < 1.29 is 9.53 Å². The second-order valence-electron chi connectivity index (χ2n) is 5.79. The van der Waals surface area contributed by atoms with Crippen molar-refractivity contribution in [1.29, 1.82) is 0 Å². The van der Waals surface area contributed by atoms with Crippen LogP contribution in [0.5, 0.6) is 5.75 Å². The standard InChI is InChI=1S/C21H20ClN3O2/c1-2-27-18-10-7-16(8-11-18)25-21(26)20-12-9-17(14-24-20)23-13-15-5-3-4-6-19(15)22/h3-12,14,23H,2,13H2,1H3,(H,25,26). The van der Waals surface area contributed by atoms with Gasteiger partial charge in [0.1, 0.15) is 11.4 Å². The van der Waals surface area contributed by atoms with E-state index in [0.29, 0.717) is 29.6 Å². The van der Waals surface area contributed by atoms with Crippen LogP contribution in [0.4, 0.5) is 11.4 Å². The fraction of sp³-hybridized carbons (Fsp3) is 0.143. The smallest absolute Gasteiger partial charge is 0.274 e. The Morgan fingerprint density at radius 1 is 1.04 bits per heavy atom. The summed E-state index contributed by atoms with van der Waals surface area (Å²) in [6.45, 7) is 3.11. The SMILES string of the molecule is CCOc1ccc(NC(=O)c2ccc(NCc3ccccc3Cl)cn2)cc1. The number of nitrogens with zero attached hydrogens (tertiary/aromatic N) is 1. The van der Waals surface area contributed by atoms with Crippen LogP contribution in [0.2, 0.25) is 5.02 Å². The molecule has 0 fully saturated rings. The zero-order chi connectivity index (χ0) is 19.1. The fourth-order valence-corrected chi connectivity index (χ4v) is 2.67. The van der Waals surface area contributed by atoms with Gasteiger partial charge in [-0.1, -0.05) is 29.8 Å². The average Bonchev–Trinajstić information content (AvgIpc) is 2.69. The van der Waals surface area contributed by atoms with Crippen molar-refractivity contribution >= 4 is 28.9 Å². The van der Waals surface area contributed by atoms with Gasteiger partial charge in [-0.05, 0) is 55.0 Å². The lowest BCUT2D eigenvalue weighted by Gasteiger charge is -2.09. The Balaban J connectivity index is 1.57. The Kier molecular flexibility index (Phi) is 6.28. The number of halogens is 1. The van der Waals surface area contributed by atoms with E-state index in [1.807, 2.05) is 49.4 Å². The summed E-state index contributed by atoms with van der Waals surface area (Å²) in [7, 11) is 0. The van der Waals surface area contributed by atoms with Crippen LogP contribution in [0.3, 0.4) is 0 Å². The Morgan fingerprint density at radius 2 is 1.78 bits per heavy atom. The molecule has 0 atom stereocenters. The molecule has 0 radical (unpaired) electrons. The highest BCUT2D eigenvalue weighted by molar-refractivity contribution is 6.31. The van der Waals surface area contributed by atoms with Crippen LogP contribution >= 0.6 is 11.6 Å². The fourth-order valence-electron chi connectivity index (χ4n) is 2.47. The maximum Gasteiger partial charge on any atom is 0.274 e. The average molecular weight is 382 g/mol. The molecule has 1 amide bonds. The molecule has 27 heavy (non-hydrogen) atoms. The van der Waals surface area contributed by atoms with Crippen molar-refractivity contribution in [3.8, 4) is 5.75 Å². The summed E-state index contributed by atoms with van der Waals surface area (Å²) in [6.07, 6.45) is 1.63. The molecule has 3 aromatic rings. The zero-order valence-electron chi connectivity index (χ0n) is 14.9. The van der Waals surface area contributed by atoms with Gasteiger partial charge in [-0.25, -0.2) is 4.98 Å². The Morgan fingerprint density at radius 3 is 2.44 bits per heavy atom. The first kappa shape index (κ1) is 18.7. The first-order valence-corrected chi connectivity index (χ1v) is 9.01. The van der Waals surface area contributed by atoms with Gasteiger partial charge in [-0.2, -0.15) is 0 Å². The number of aromatic nitrogens is 1. The van der Waals surface area contributed by atoms with Gasteiger partial charge in [0, 0.05) is 17.3 Å². The number of ether oxygens (including phenoxy) is 1. The number of amides is 1. The molecule has 0 saturated heterocycles. The van der Waals surface area contributed by atoms with E-state index in [1.54, 1.807) is 24.4 Å². The predicted octanol–water partition coefficient (Wildman–Crippen LogP) is 5.00. The molecule has 0 aliphatic heterocycles. The highest BCUT2D eigenvalue weighted by Gasteiger charge is 2.08. The van der Waals surface area contributed by atoms with E-state index < -0.39 is 0 Å². The molecule has 2 aromatic carbocycles. The minimum absolute atomic E-state index is 0.267. The van der Waals surface area contributed by atoms with Crippen molar-refractivity contribution in [3.05, 3.63) is 83.1 Å². The maximum atomic E-state index is 12.3. The van der Waals surface area contributed by atoms with Crippen molar-refractivity contribution in [2.75, 3.05) is 17.2 Å². The Labute approximate surface area is 163 Å². The molecule has 3 rings (SSSR count). The second-order valence-corrected chi connectivity index (χ2v) is 6.20. The van der Waals surface area contributed by atoms with Gasteiger partial charge >= 0.3 is 0 Å². The molecule has 0 aliphatic rings. The van der Waals surface area contributed by atoms with Crippen LogP contribution < -0.4 is 15.4 Å². The minimum Gasteiger partial charge on any atom is -0.494 e. The van der Waals surface area contributed by atoms with Gasteiger partial charge in [0.2, 0.25) is 0 Å². The zero-order valence-corrected chi connectivity index (χ0v) is 15.7. The summed E-state index contributed by atoms with van der Waals surface area (Å²) >= 11 is 6.15. The normalized spacial score (nSPS) is 10.3. The number of benzene rings is 2. The molecular weight excluding hydrogens is 362 g/mol. The summed E-state index contributed by atoms with van der Waals surface area (Å²) in [5.74, 6) is 0.499. The molecule has 0 saturated carbocycles. The summed E-state index contributed by atoms with van der Waals surface area (Å²) in [5, 5.41) is 6.77. The lowest BCUT2D eigenvalue weighted by Crippen LogP contribution is -2.13. The van der Waals surface area contributed by atoms with E-state index in [-0.39, 0.29) is 5.91 Å².